The Morgan fingerprint density at radius 2 is 2.00 bits per heavy atom. The van der Waals surface area contributed by atoms with E-state index in [0.29, 0.717) is 19.6 Å². The van der Waals surface area contributed by atoms with Gasteiger partial charge < -0.3 is 15.2 Å². The van der Waals surface area contributed by atoms with Gasteiger partial charge in [0, 0.05) is 18.5 Å². The topological polar surface area (TPSA) is 44.5 Å². The average Bonchev–Trinajstić information content (AvgIpc) is 2.47. The molecule has 114 valence electrons. The molecule has 0 aromatic heterocycles. The van der Waals surface area contributed by atoms with E-state index in [1.54, 1.807) is 0 Å². The Hall–Kier alpha value is -1.29. The second-order valence-corrected chi connectivity index (χ2v) is 4.88. The minimum atomic E-state index is -0.365. The molecule has 3 nitrogen and oxygen atoms in total. The zero-order valence-corrected chi connectivity index (χ0v) is 12.5. The summed E-state index contributed by atoms with van der Waals surface area (Å²) < 4.78 is 23.5. The molecule has 0 heterocycles. The van der Waals surface area contributed by atoms with Crippen LogP contribution in [0.3, 0.4) is 0 Å². The lowest BCUT2D eigenvalue weighted by atomic mass is 10.0. The molecule has 20 heavy (non-hydrogen) atoms. The largest absolute Gasteiger partial charge is 0.493 e. The van der Waals surface area contributed by atoms with Crippen molar-refractivity contribution in [3.8, 4) is 11.5 Å². The molecule has 0 amide bonds. The standard InChI is InChI=1S/C16H26FNO2/c1-3-9-19-15-7-6-13(11-14(18)4-2)16(12-15)20-10-5-8-17/h6-7,12,14H,3-5,8-11,18H2,1-2H3. The predicted octanol–water partition coefficient (Wildman–Crippen LogP) is 3.49. The van der Waals surface area contributed by atoms with Crippen molar-refractivity contribution < 1.29 is 13.9 Å². The maximum absolute atomic E-state index is 12.2. The summed E-state index contributed by atoms with van der Waals surface area (Å²) in [6.07, 6.45) is 3.04. The number of nitrogens with two attached hydrogens (primary N) is 1. The Morgan fingerprint density at radius 3 is 2.65 bits per heavy atom. The molecule has 0 aliphatic carbocycles. The molecular formula is C16H26FNO2. The zero-order valence-electron chi connectivity index (χ0n) is 12.5. The third-order valence-electron chi connectivity index (χ3n) is 3.05. The second kappa shape index (κ2) is 9.59. The van der Waals surface area contributed by atoms with Crippen molar-refractivity contribution in [2.75, 3.05) is 19.9 Å². The fourth-order valence-corrected chi connectivity index (χ4v) is 1.81. The average molecular weight is 283 g/mol. The van der Waals surface area contributed by atoms with Crippen molar-refractivity contribution in [3.63, 3.8) is 0 Å². The Morgan fingerprint density at radius 1 is 1.20 bits per heavy atom. The first-order chi connectivity index (χ1) is 9.71. The smallest absolute Gasteiger partial charge is 0.126 e. The summed E-state index contributed by atoms with van der Waals surface area (Å²) in [5.74, 6) is 1.55. The third-order valence-corrected chi connectivity index (χ3v) is 3.05. The van der Waals surface area contributed by atoms with Gasteiger partial charge in [0.15, 0.2) is 0 Å². The molecule has 4 heteroatoms. The number of ether oxygens (including phenoxy) is 2. The molecule has 0 spiro atoms. The molecule has 2 N–H and O–H groups in total. The molecule has 0 bridgehead atoms. The van der Waals surface area contributed by atoms with Gasteiger partial charge in [0.2, 0.25) is 0 Å². The van der Waals surface area contributed by atoms with E-state index in [-0.39, 0.29) is 12.7 Å². The Balaban J connectivity index is 2.78. The van der Waals surface area contributed by atoms with Gasteiger partial charge in [-0.05, 0) is 30.9 Å². The number of hydrogen-bond acceptors (Lipinski definition) is 3. The van der Waals surface area contributed by atoms with Gasteiger partial charge in [-0.25, -0.2) is 0 Å². The number of rotatable bonds is 10. The summed E-state index contributed by atoms with van der Waals surface area (Å²) in [5.41, 5.74) is 7.06. The Kier molecular flexibility index (Phi) is 8.04. The van der Waals surface area contributed by atoms with Crippen LogP contribution in [0.1, 0.15) is 38.7 Å². The highest BCUT2D eigenvalue weighted by Gasteiger charge is 2.10. The second-order valence-electron chi connectivity index (χ2n) is 4.88. The summed E-state index contributed by atoms with van der Waals surface area (Å²) in [6, 6.07) is 5.92. The molecule has 1 atom stereocenters. The molecule has 0 aliphatic rings. The number of alkyl halides is 1. The van der Waals surface area contributed by atoms with E-state index in [1.165, 1.54) is 0 Å². The quantitative estimate of drug-likeness (QED) is 0.668. The van der Waals surface area contributed by atoms with Crippen LogP contribution in [-0.4, -0.2) is 25.9 Å². The van der Waals surface area contributed by atoms with Crippen LogP contribution in [-0.2, 0) is 6.42 Å². The minimum Gasteiger partial charge on any atom is -0.493 e. The van der Waals surface area contributed by atoms with Gasteiger partial charge in [-0.2, -0.15) is 0 Å². The third kappa shape index (κ3) is 5.78. The monoisotopic (exact) mass is 283 g/mol. The lowest BCUT2D eigenvalue weighted by Gasteiger charge is -2.16. The number of halogens is 1. The molecule has 0 saturated heterocycles. The Labute approximate surface area is 121 Å². The van der Waals surface area contributed by atoms with Crippen molar-refractivity contribution in [1.82, 2.24) is 0 Å². The van der Waals surface area contributed by atoms with E-state index in [0.717, 1.165) is 36.3 Å². The molecule has 1 aromatic rings. The first-order valence-corrected chi connectivity index (χ1v) is 7.41. The van der Waals surface area contributed by atoms with Gasteiger partial charge in [-0.1, -0.05) is 19.9 Å². The first-order valence-electron chi connectivity index (χ1n) is 7.41. The number of benzene rings is 1. The van der Waals surface area contributed by atoms with Gasteiger partial charge in [0.25, 0.3) is 0 Å². The zero-order chi connectivity index (χ0) is 14.8. The molecular weight excluding hydrogens is 257 g/mol. The van der Waals surface area contributed by atoms with Crippen molar-refractivity contribution in [3.05, 3.63) is 23.8 Å². The molecule has 0 radical (unpaired) electrons. The molecule has 0 saturated carbocycles. The van der Waals surface area contributed by atoms with Gasteiger partial charge in [-0.15, -0.1) is 0 Å². The maximum Gasteiger partial charge on any atom is 0.126 e. The van der Waals surface area contributed by atoms with Gasteiger partial charge >= 0.3 is 0 Å². The van der Waals surface area contributed by atoms with Crippen molar-refractivity contribution in [2.45, 2.75) is 45.6 Å². The summed E-state index contributed by atoms with van der Waals surface area (Å²) in [4.78, 5) is 0. The minimum absolute atomic E-state index is 0.112. The highest BCUT2D eigenvalue weighted by molar-refractivity contribution is 5.41. The van der Waals surface area contributed by atoms with E-state index in [2.05, 4.69) is 13.8 Å². The fraction of sp³-hybridized carbons (Fsp3) is 0.625. The normalized spacial score (nSPS) is 12.2. The molecule has 0 aliphatic heterocycles. The van der Waals surface area contributed by atoms with Crippen molar-refractivity contribution >= 4 is 0 Å². The molecule has 1 aromatic carbocycles. The molecule has 1 rings (SSSR count). The Bertz CT molecular complexity index is 385. The highest BCUT2D eigenvalue weighted by atomic mass is 19.1. The van der Waals surface area contributed by atoms with E-state index in [4.69, 9.17) is 15.2 Å². The van der Waals surface area contributed by atoms with Crippen LogP contribution in [0.2, 0.25) is 0 Å². The lowest BCUT2D eigenvalue weighted by molar-refractivity contribution is 0.281. The van der Waals surface area contributed by atoms with Crippen LogP contribution in [0.25, 0.3) is 0 Å². The van der Waals surface area contributed by atoms with Crippen LogP contribution in [0.4, 0.5) is 4.39 Å². The van der Waals surface area contributed by atoms with Crippen LogP contribution in [0, 0.1) is 0 Å². The highest BCUT2D eigenvalue weighted by Crippen LogP contribution is 2.26. The summed E-state index contributed by atoms with van der Waals surface area (Å²) >= 11 is 0. The van der Waals surface area contributed by atoms with E-state index in [1.807, 2.05) is 18.2 Å². The van der Waals surface area contributed by atoms with Crippen LogP contribution in [0.5, 0.6) is 11.5 Å². The van der Waals surface area contributed by atoms with Crippen LogP contribution < -0.4 is 15.2 Å². The van der Waals surface area contributed by atoms with Gasteiger partial charge in [0.05, 0.1) is 19.9 Å². The van der Waals surface area contributed by atoms with E-state index >= 15 is 0 Å². The van der Waals surface area contributed by atoms with Crippen LogP contribution >= 0.6 is 0 Å². The van der Waals surface area contributed by atoms with E-state index in [9.17, 15) is 4.39 Å². The van der Waals surface area contributed by atoms with Gasteiger partial charge in [0.1, 0.15) is 11.5 Å². The maximum atomic E-state index is 12.2. The summed E-state index contributed by atoms with van der Waals surface area (Å²) in [7, 11) is 0. The summed E-state index contributed by atoms with van der Waals surface area (Å²) in [5, 5.41) is 0. The fourth-order valence-electron chi connectivity index (χ4n) is 1.81. The lowest BCUT2D eigenvalue weighted by Crippen LogP contribution is -2.21. The molecule has 0 fully saturated rings. The summed E-state index contributed by atoms with van der Waals surface area (Å²) in [6.45, 7) is 4.82. The molecule has 1 unspecified atom stereocenters. The van der Waals surface area contributed by atoms with Crippen molar-refractivity contribution in [1.29, 1.82) is 0 Å². The number of hydrogen-bond donors (Lipinski definition) is 1. The van der Waals surface area contributed by atoms with Crippen LogP contribution in [0.15, 0.2) is 18.2 Å². The van der Waals surface area contributed by atoms with Crippen molar-refractivity contribution in [2.24, 2.45) is 5.73 Å². The SMILES string of the molecule is CCCOc1ccc(CC(N)CC)c(OCCCF)c1. The van der Waals surface area contributed by atoms with Gasteiger partial charge in [-0.3, -0.25) is 4.39 Å². The predicted molar refractivity (Wildman–Crippen MR) is 80.3 cm³/mol. The first kappa shape index (κ1) is 16.8. The van der Waals surface area contributed by atoms with E-state index < -0.39 is 0 Å².